The molecule has 8 heteroatoms. The quantitative estimate of drug-likeness (QED) is 0.675. The Morgan fingerprint density at radius 2 is 2.04 bits per heavy atom. The number of hydrogen-bond donors (Lipinski definition) is 0. The molecule has 28 heavy (non-hydrogen) atoms. The van der Waals surface area contributed by atoms with Gasteiger partial charge in [-0.1, -0.05) is 5.16 Å². The number of carbonyl (C=O) groups excluding carboxylic acids is 1. The van der Waals surface area contributed by atoms with Crippen LogP contribution in [0.4, 0.5) is 0 Å². The van der Waals surface area contributed by atoms with Crippen molar-refractivity contribution in [2.24, 2.45) is 5.92 Å². The summed E-state index contributed by atoms with van der Waals surface area (Å²) in [5.74, 6) is 1.70. The van der Waals surface area contributed by atoms with E-state index < -0.39 is 0 Å². The highest BCUT2D eigenvalue weighted by Gasteiger charge is 2.34. The van der Waals surface area contributed by atoms with Gasteiger partial charge in [-0.25, -0.2) is 0 Å². The van der Waals surface area contributed by atoms with Crippen molar-refractivity contribution in [3.63, 3.8) is 0 Å². The van der Waals surface area contributed by atoms with Gasteiger partial charge in [0.25, 0.3) is 5.91 Å². The molecular weight excluding hydrogens is 360 g/mol. The van der Waals surface area contributed by atoms with Crippen LogP contribution in [-0.4, -0.2) is 58.9 Å². The largest absolute Gasteiger partial charge is 0.381 e. The molecule has 1 unspecified atom stereocenters. The summed E-state index contributed by atoms with van der Waals surface area (Å²) >= 11 is 0. The van der Waals surface area contributed by atoms with Crippen molar-refractivity contribution in [2.45, 2.75) is 38.1 Å². The third-order valence-electron chi connectivity index (χ3n) is 5.37. The Bertz CT molecular complexity index is 761. The van der Waals surface area contributed by atoms with Gasteiger partial charge in [0.1, 0.15) is 6.04 Å². The van der Waals surface area contributed by atoms with Crippen LogP contribution in [-0.2, 0) is 15.9 Å². The summed E-state index contributed by atoms with van der Waals surface area (Å²) in [6.07, 6.45) is 7.75. The first-order valence-electron chi connectivity index (χ1n) is 10.0. The Labute approximate surface area is 164 Å². The first-order chi connectivity index (χ1) is 13.8. The zero-order valence-corrected chi connectivity index (χ0v) is 16.0. The Morgan fingerprint density at radius 1 is 1.21 bits per heavy atom. The van der Waals surface area contributed by atoms with Crippen LogP contribution in [0.2, 0.25) is 0 Å². The summed E-state index contributed by atoms with van der Waals surface area (Å²) < 4.78 is 16.6. The Morgan fingerprint density at radius 3 is 2.86 bits per heavy atom. The molecule has 0 spiro atoms. The van der Waals surface area contributed by atoms with Crippen LogP contribution in [0.5, 0.6) is 0 Å². The van der Waals surface area contributed by atoms with E-state index in [1.165, 1.54) is 0 Å². The molecule has 2 aliphatic heterocycles. The molecule has 0 N–H and O–H groups in total. The van der Waals surface area contributed by atoms with Crippen molar-refractivity contribution < 1.29 is 18.8 Å². The number of pyridine rings is 1. The normalized spacial score (nSPS) is 20.6. The summed E-state index contributed by atoms with van der Waals surface area (Å²) in [6.45, 7) is 3.68. The predicted octanol–water partition coefficient (Wildman–Crippen LogP) is 2.43. The fourth-order valence-corrected chi connectivity index (χ4v) is 3.76. The average Bonchev–Trinajstić information content (AvgIpc) is 3.41. The van der Waals surface area contributed by atoms with E-state index in [0.717, 1.165) is 45.5 Å². The standard InChI is InChI=1S/C20H26N4O4/c25-20(16-3-8-21-9-4-16)24-10-1-2-17(24)19-22-18(23-28-19)7-13-27-14-15-5-11-26-12-6-15/h3-4,8-9,15,17H,1-2,5-7,10-14H2. The molecule has 2 aromatic rings. The van der Waals surface area contributed by atoms with Gasteiger partial charge in [-0.2, -0.15) is 4.98 Å². The minimum Gasteiger partial charge on any atom is -0.381 e. The zero-order valence-electron chi connectivity index (χ0n) is 16.0. The van der Waals surface area contributed by atoms with Crippen LogP contribution in [0.3, 0.4) is 0 Å². The molecule has 1 atom stereocenters. The first kappa shape index (κ1) is 19.0. The summed E-state index contributed by atoms with van der Waals surface area (Å²) in [7, 11) is 0. The number of nitrogens with zero attached hydrogens (tertiary/aromatic N) is 4. The zero-order chi connectivity index (χ0) is 19.2. The molecule has 4 rings (SSSR count). The van der Waals surface area contributed by atoms with Crippen molar-refractivity contribution in [3.8, 4) is 0 Å². The molecule has 1 amide bonds. The maximum atomic E-state index is 12.8. The van der Waals surface area contributed by atoms with Crippen molar-refractivity contribution in [3.05, 3.63) is 41.8 Å². The van der Waals surface area contributed by atoms with Gasteiger partial charge in [-0.3, -0.25) is 9.78 Å². The number of carbonyl (C=O) groups is 1. The molecule has 0 aromatic carbocycles. The predicted molar refractivity (Wildman–Crippen MR) is 99.6 cm³/mol. The minimum atomic E-state index is -0.162. The molecule has 0 bridgehead atoms. The lowest BCUT2D eigenvalue weighted by Crippen LogP contribution is -2.30. The van der Waals surface area contributed by atoms with Crippen LogP contribution in [0, 0.1) is 5.92 Å². The van der Waals surface area contributed by atoms with E-state index in [2.05, 4.69) is 15.1 Å². The second kappa shape index (κ2) is 9.25. The van der Waals surface area contributed by atoms with Gasteiger partial charge in [-0.05, 0) is 43.7 Å². The summed E-state index contributed by atoms with van der Waals surface area (Å²) in [4.78, 5) is 23.1. The molecule has 0 radical (unpaired) electrons. The third kappa shape index (κ3) is 4.56. The molecule has 2 aromatic heterocycles. The number of likely N-dealkylation sites (tertiary alicyclic amines) is 1. The highest BCUT2D eigenvalue weighted by molar-refractivity contribution is 5.94. The van der Waals surface area contributed by atoms with Gasteiger partial charge in [-0.15, -0.1) is 0 Å². The Balaban J connectivity index is 1.29. The molecule has 8 nitrogen and oxygen atoms in total. The number of ether oxygens (including phenoxy) is 2. The van der Waals surface area contributed by atoms with Crippen LogP contribution >= 0.6 is 0 Å². The van der Waals surface area contributed by atoms with Crippen molar-refractivity contribution in [1.29, 1.82) is 0 Å². The lowest BCUT2D eigenvalue weighted by atomic mass is 10.0. The maximum Gasteiger partial charge on any atom is 0.254 e. The number of aromatic nitrogens is 3. The lowest BCUT2D eigenvalue weighted by molar-refractivity contribution is 0.0211. The van der Waals surface area contributed by atoms with Crippen molar-refractivity contribution >= 4 is 5.91 Å². The molecule has 2 aliphatic rings. The van der Waals surface area contributed by atoms with Gasteiger partial charge in [0.05, 0.1) is 6.61 Å². The van der Waals surface area contributed by atoms with Crippen molar-refractivity contribution in [1.82, 2.24) is 20.0 Å². The van der Waals surface area contributed by atoms with Crippen LogP contribution in [0.25, 0.3) is 0 Å². The second-order valence-corrected chi connectivity index (χ2v) is 7.32. The fraction of sp³-hybridized carbons (Fsp3) is 0.600. The van der Waals surface area contributed by atoms with Gasteiger partial charge in [0.15, 0.2) is 5.82 Å². The van der Waals surface area contributed by atoms with Gasteiger partial charge in [0, 0.05) is 50.7 Å². The fourth-order valence-electron chi connectivity index (χ4n) is 3.76. The molecule has 2 saturated heterocycles. The molecule has 0 aliphatic carbocycles. The minimum absolute atomic E-state index is 0.0237. The number of amides is 1. The summed E-state index contributed by atoms with van der Waals surface area (Å²) in [6, 6.07) is 3.30. The Hall–Kier alpha value is -2.32. The summed E-state index contributed by atoms with van der Waals surface area (Å²) in [5.41, 5.74) is 0.628. The topological polar surface area (TPSA) is 90.6 Å². The van der Waals surface area contributed by atoms with Crippen LogP contribution < -0.4 is 0 Å². The Kier molecular flexibility index (Phi) is 6.28. The first-order valence-corrected chi connectivity index (χ1v) is 10.0. The third-order valence-corrected chi connectivity index (χ3v) is 5.37. The van der Waals surface area contributed by atoms with Gasteiger partial charge < -0.3 is 18.9 Å². The van der Waals surface area contributed by atoms with Crippen LogP contribution in [0.15, 0.2) is 29.0 Å². The number of rotatable bonds is 7. The van der Waals surface area contributed by atoms with E-state index >= 15 is 0 Å². The molecular formula is C20H26N4O4. The highest BCUT2D eigenvalue weighted by atomic mass is 16.5. The average molecular weight is 386 g/mol. The smallest absolute Gasteiger partial charge is 0.254 e. The lowest BCUT2D eigenvalue weighted by Gasteiger charge is -2.21. The van der Waals surface area contributed by atoms with Crippen LogP contribution in [0.1, 0.15) is 53.8 Å². The second-order valence-electron chi connectivity index (χ2n) is 7.32. The van der Waals surface area contributed by atoms with Gasteiger partial charge >= 0.3 is 0 Å². The summed E-state index contributed by atoms with van der Waals surface area (Å²) in [5, 5.41) is 4.08. The monoisotopic (exact) mass is 386 g/mol. The van der Waals surface area contributed by atoms with E-state index in [-0.39, 0.29) is 11.9 Å². The van der Waals surface area contributed by atoms with E-state index in [9.17, 15) is 4.79 Å². The molecule has 2 fully saturated rings. The van der Waals surface area contributed by atoms with E-state index in [4.69, 9.17) is 14.0 Å². The highest BCUT2D eigenvalue weighted by Crippen LogP contribution is 2.32. The van der Waals surface area contributed by atoms with Crippen molar-refractivity contribution in [2.75, 3.05) is 33.0 Å². The maximum absolute atomic E-state index is 12.8. The van der Waals surface area contributed by atoms with Gasteiger partial charge in [0.2, 0.25) is 5.89 Å². The molecule has 0 saturated carbocycles. The SMILES string of the molecule is O=C(c1ccncc1)N1CCCC1c1nc(CCOCC2CCOCC2)no1. The van der Waals surface area contributed by atoms with E-state index in [1.54, 1.807) is 24.5 Å². The molecule has 150 valence electrons. The van der Waals surface area contributed by atoms with E-state index in [1.807, 2.05) is 4.90 Å². The van der Waals surface area contributed by atoms with E-state index in [0.29, 0.717) is 42.8 Å². The number of hydrogen-bond acceptors (Lipinski definition) is 7. The molecule has 4 heterocycles.